The lowest BCUT2D eigenvalue weighted by Crippen LogP contribution is -2.48. The van der Waals surface area contributed by atoms with Gasteiger partial charge < -0.3 is 20.7 Å². The van der Waals surface area contributed by atoms with Crippen molar-refractivity contribution in [2.24, 2.45) is 5.73 Å². The van der Waals surface area contributed by atoms with Crippen LogP contribution in [0.1, 0.15) is 32.8 Å². The summed E-state index contributed by atoms with van der Waals surface area (Å²) in [6.45, 7) is 6.76. The Morgan fingerprint density at radius 2 is 2.00 bits per heavy atom. The lowest BCUT2D eigenvalue weighted by molar-refractivity contribution is -0.138. The van der Waals surface area contributed by atoms with Gasteiger partial charge in [0.05, 0.1) is 13.0 Å². The van der Waals surface area contributed by atoms with Crippen LogP contribution in [0.5, 0.6) is 5.75 Å². The number of ether oxygens (including phenoxy) is 1. The lowest BCUT2D eigenvalue weighted by atomic mass is 10.1. The van der Waals surface area contributed by atoms with Crippen molar-refractivity contribution in [1.82, 2.24) is 10.2 Å². The van der Waals surface area contributed by atoms with Gasteiger partial charge in [0.15, 0.2) is 0 Å². The summed E-state index contributed by atoms with van der Waals surface area (Å²) in [5, 5.41) is 2.87. The monoisotopic (exact) mass is 333 g/mol. The Bertz CT molecular complexity index is 571. The molecule has 0 spiro atoms. The van der Waals surface area contributed by atoms with E-state index in [1.165, 1.54) is 0 Å². The van der Waals surface area contributed by atoms with Gasteiger partial charge in [0.25, 0.3) is 0 Å². The van der Waals surface area contributed by atoms with Gasteiger partial charge in [0.1, 0.15) is 11.8 Å². The fraction of sp³-hybridized carbons (Fsp3) is 0.556. The molecule has 3 N–H and O–H groups in total. The topological polar surface area (TPSA) is 84.7 Å². The van der Waals surface area contributed by atoms with Crippen LogP contribution in [0.2, 0.25) is 0 Å². The number of carbonyl (C=O) groups is 2. The Morgan fingerprint density at radius 1 is 1.33 bits per heavy atom. The van der Waals surface area contributed by atoms with Gasteiger partial charge in [-0.25, -0.2) is 0 Å². The second kappa shape index (κ2) is 8.15. The van der Waals surface area contributed by atoms with Gasteiger partial charge in [0.2, 0.25) is 11.8 Å². The molecule has 1 heterocycles. The molecule has 0 radical (unpaired) electrons. The number of nitrogens with one attached hydrogen (secondary N) is 1. The van der Waals surface area contributed by atoms with Crippen LogP contribution >= 0.6 is 0 Å². The Balaban J connectivity index is 2.02. The summed E-state index contributed by atoms with van der Waals surface area (Å²) in [4.78, 5) is 26.5. The van der Waals surface area contributed by atoms with Crippen molar-refractivity contribution in [2.45, 2.75) is 51.7 Å². The average Bonchev–Trinajstić information content (AvgIpc) is 2.91. The zero-order valence-electron chi connectivity index (χ0n) is 14.6. The lowest BCUT2D eigenvalue weighted by Gasteiger charge is -2.24. The molecular formula is C18H27N3O3. The van der Waals surface area contributed by atoms with Crippen LogP contribution in [0, 0.1) is 0 Å². The van der Waals surface area contributed by atoms with E-state index >= 15 is 0 Å². The summed E-state index contributed by atoms with van der Waals surface area (Å²) in [6.07, 6.45) is 0.762. The van der Waals surface area contributed by atoms with Gasteiger partial charge in [-0.3, -0.25) is 9.59 Å². The fourth-order valence-electron chi connectivity index (χ4n) is 2.92. The molecule has 0 aromatic heterocycles. The first-order valence-electron chi connectivity index (χ1n) is 8.47. The molecule has 2 amide bonds. The zero-order valence-corrected chi connectivity index (χ0v) is 14.6. The van der Waals surface area contributed by atoms with Crippen LogP contribution < -0.4 is 15.8 Å². The molecule has 2 atom stereocenters. The maximum absolute atomic E-state index is 12.6. The van der Waals surface area contributed by atoms with Crippen molar-refractivity contribution in [3.63, 3.8) is 0 Å². The van der Waals surface area contributed by atoms with Crippen LogP contribution in [-0.4, -0.2) is 48.0 Å². The first kappa shape index (κ1) is 18.3. The normalized spacial score (nSPS) is 20.3. The second-order valence-electron chi connectivity index (χ2n) is 6.47. The van der Waals surface area contributed by atoms with E-state index in [1.807, 2.05) is 45.0 Å². The van der Waals surface area contributed by atoms with E-state index in [-0.39, 0.29) is 30.3 Å². The van der Waals surface area contributed by atoms with Crippen LogP contribution in [0.4, 0.5) is 0 Å². The third-order valence-electron chi connectivity index (χ3n) is 3.98. The highest BCUT2D eigenvalue weighted by Crippen LogP contribution is 2.20. The molecule has 1 aromatic rings. The fourth-order valence-corrected chi connectivity index (χ4v) is 2.92. The Hall–Kier alpha value is -2.08. The van der Waals surface area contributed by atoms with Crippen molar-refractivity contribution in [3.05, 3.63) is 29.8 Å². The number of amides is 2. The van der Waals surface area contributed by atoms with E-state index in [2.05, 4.69) is 5.32 Å². The van der Waals surface area contributed by atoms with Crippen LogP contribution in [-0.2, 0) is 16.0 Å². The molecule has 1 aliphatic heterocycles. The smallest absolute Gasteiger partial charge is 0.243 e. The summed E-state index contributed by atoms with van der Waals surface area (Å²) in [5.41, 5.74) is 6.87. The minimum atomic E-state index is -0.474. The molecule has 1 aromatic carbocycles. The highest BCUT2D eigenvalue weighted by molar-refractivity contribution is 5.89. The summed E-state index contributed by atoms with van der Waals surface area (Å²) < 4.78 is 5.40. The molecular weight excluding hydrogens is 306 g/mol. The van der Waals surface area contributed by atoms with E-state index in [4.69, 9.17) is 10.5 Å². The third kappa shape index (κ3) is 4.71. The van der Waals surface area contributed by atoms with Gasteiger partial charge >= 0.3 is 0 Å². The number of nitrogens with two attached hydrogens (primary N) is 1. The maximum Gasteiger partial charge on any atom is 0.243 e. The van der Waals surface area contributed by atoms with Crippen molar-refractivity contribution in [1.29, 1.82) is 0 Å². The van der Waals surface area contributed by atoms with Gasteiger partial charge in [0, 0.05) is 18.6 Å². The first-order valence-corrected chi connectivity index (χ1v) is 8.47. The molecule has 6 heteroatoms. The number of hydrogen-bond donors (Lipinski definition) is 2. The minimum absolute atomic E-state index is 0.0392. The SMILES string of the molecule is CCOc1ccc(CC(=O)N2C[C@@H](N)C[C@H]2C(=O)NC(C)C)cc1. The average molecular weight is 333 g/mol. The predicted octanol–water partition coefficient (Wildman–Crippen LogP) is 1.08. The highest BCUT2D eigenvalue weighted by atomic mass is 16.5. The Labute approximate surface area is 143 Å². The molecule has 1 fully saturated rings. The molecule has 6 nitrogen and oxygen atoms in total. The predicted molar refractivity (Wildman–Crippen MR) is 92.7 cm³/mol. The standard InChI is InChI=1S/C18H27N3O3/c1-4-24-15-7-5-13(6-8-15)9-17(22)21-11-14(19)10-16(21)18(23)20-12(2)3/h5-8,12,14,16H,4,9-11,19H2,1-3H3,(H,20,23)/t14-,16-/m0/s1. The minimum Gasteiger partial charge on any atom is -0.494 e. The van der Waals surface area contributed by atoms with Crippen molar-refractivity contribution >= 4 is 11.8 Å². The molecule has 0 bridgehead atoms. The van der Waals surface area contributed by atoms with Crippen LogP contribution in [0.3, 0.4) is 0 Å². The largest absolute Gasteiger partial charge is 0.494 e. The Kier molecular flexibility index (Phi) is 6.20. The van der Waals surface area contributed by atoms with Crippen molar-refractivity contribution in [3.8, 4) is 5.75 Å². The van der Waals surface area contributed by atoms with E-state index in [9.17, 15) is 9.59 Å². The van der Waals surface area contributed by atoms with Crippen molar-refractivity contribution in [2.75, 3.05) is 13.2 Å². The number of nitrogens with zero attached hydrogens (tertiary/aromatic N) is 1. The van der Waals surface area contributed by atoms with Gasteiger partial charge in [-0.15, -0.1) is 0 Å². The van der Waals surface area contributed by atoms with E-state index in [0.29, 0.717) is 19.6 Å². The van der Waals surface area contributed by atoms with Crippen LogP contribution in [0.25, 0.3) is 0 Å². The van der Waals surface area contributed by atoms with Gasteiger partial charge in [-0.1, -0.05) is 12.1 Å². The zero-order chi connectivity index (χ0) is 17.7. The van der Waals surface area contributed by atoms with E-state index < -0.39 is 6.04 Å². The van der Waals surface area contributed by atoms with E-state index in [1.54, 1.807) is 4.90 Å². The number of carbonyl (C=O) groups excluding carboxylic acids is 2. The molecule has 2 rings (SSSR count). The second-order valence-corrected chi connectivity index (χ2v) is 6.47. The number of hydrogen-bond acceptors (Lipinski definition) is 4. The van der Waals surface area contributed by atoms with Crippen molar-refractivity contribution < 1.29 is 14.3 Å². The third-order valence-corrected chi connectivity index (χ3v) is 3.98. The summed E-state index contributed by atoms with van der Waals surface area (Å²) in [7, 11) is 0. The van der Waals surface area contributed by atoms with E-state index in [0.717, 1.165) is 11.3 Å². The molecule has 0 aliphatic carbocycles. The number of benzene rings is 1. The Morgan fingerprint density at radius 3 is 2.58 bits per heavy atom. The first-order chi connectivity index (χ1) is 11.4. The molecule has 0 unspecified atom stereocenters. The maximum atomic E-state index is 12.6. The highest BCUT2D eigenvalue weighted by Gasteiger charge is 2.38. The number of likely N-dealkylation sites (tertiary alicyclic amines) is 1. The molecule has 24 heavy (non-hydrogen) atoms. The summed E-state index contributed by atoms with van der Waals surface area (Å²) >= 11 is 0. The number of rotatable bonds is 6. The summed E-state index contributed by atoms with van der Waals surface area (Å²) in [5.74, 6) is 0.583. The summed E-state index contributed by atoms with van der Waals surface area (Å²) in [6, 6.07) is 6.87. The molecule has 1 aliphatic rings. The molecule has 1 saturated heterocycles. The van der Waals surface area contributed by atoms with Gasteiger partial charge in [-0.2, -0.15) is 0 Å². The van der Waals surface area contributed by atoms with Gasteiger partial charge in [-0.05, 0) is 44.9 Å². The molecule has 0 saturated carbocycles. The van der Waals surface area contributed by atoms with Crippen LogP contribution in [0.15, 0.2) is 24.3 Å². The molecule has 132 valence electrons. The quantitative estimate of drug-likeness (QED) is 0.816.